The second-order valence-electron chi connectivity index (χ2n) is 6.65. The number of sulfonamides is 1. The number of benzene rings is 2. The molecule has 0 aliphatic rings. The number of nitrogens with one attached hydrogen (secondary N) is 1. The number of nitrogens with zero attached hydrogens (tertiary/aromatic N) is 1. The first-order chi connectivity index (χ1) is 14.7. The van der Waals surface area contributed by atoms with E-state index in [1.54, 1.807) is 20.3 Å². The summed E-state index contributed by atoms with van der Waals surface area (Å²) < 4.78 is 46.2. The second-order valence-corrected chi connectivity index (χ2v) is 8.66. The summed E-state index contributed by atoms with van der Waals surface area (Å²) in [6.07, 6.45) is 1.60. The summed E-state index contributed by atoms with van der Waals surface area (Å²) in [5.74, 6) is 1.41. The smallest absolute Gasteiger partial charge is 0.253 e. The zero-order valence-electron chi connectivity index (χ0n) is 18.5. The molecule has 0 heterocycles. The van der Waals surface area contributed by atoms with E-state index < -0.39 is 15.9 Å². The van der Waals surface area contributed by atoms with Crippen molar-refractivity contribution in [2.75, 3.05) is 52.6 Å². The molecule has 0 bridgehead atoms. The molecule has 0 unspecified atom stereocenters. The van der Waals surface area contributed by atoms with Crippen LogP contribution in [-0.4, -0.2) is 62.6 Å². The molecule has 0 atom stereocenters. The third-order valence-electron chi connectivity index (χ3n) is 4.73. The maximum Gasteiger partial charge on any atom is 0.253 e. The van der Waals surface area contributed by atoms with E-state index in [0.717, 1.165) is 16.1 Å². The predicted octanol–water partition coefficient (Wildman–Crippen LogP) is 2.09. The monoisotopic (exact) mass is 452 g/mol. The average molecular weight is 453 g/mol. The minimum absolute atomic E-state index is 0.151. The van der Waals surface area contributed by atoms with E-state index in [0.29, 0.717) is 36.0 Å². The van der Waals surface area contributed by atoms with Crippen LogP contribution in [-0.2, 0) is 16.4 Å². The molecule has 1 amide bonds. The van der Waals surface area contributed by atoms with Gasteiger partial charge in [-0.1, -0.05) is 6.07 Å². The van der Waals surface area contributed by atoms with Gasteiger partial charge in [0.15, 0.2) is 23.0 Å². The summed E-state index contributed by atoms with van der Waals surface area (Å²) >= 11 is 0. The van der Waals surface area contributed by atoms with Crippen molar-refractivity contribution in [3.8, 4) is 23.0 Å². The Morgan fingerprint density at radius 2 is 1.45 bits per heavy atom. The predicted molar refractivity (Wildman–Crippen MR) is 118 cm³/mol. The molecule has 0 saturated carbocycles. The topological polar surface area (TPSA) is 103 Å². The Morgan fingerprint density at radius 3 is 2.00 bits per heavy atom. The molecule has 170 valence electrons. The lowest BCUT2D eigenvalue weighted by Crippen LogP contribution is -2.31. The molecule has 31 heavy (non-hydrogen) atoms. The number of carbonyl (C=O) groups excluding carboxylic acids is 1. The SMILES string of the molecule is COc1ccc(CCNC(=O)c2cc(OC)c(OC)cc2N(C)S(C)(=O)=O)cc1OC. The summed E-state index contributed by atoms with van der Waals surface area (Å²) in [6.45, 7) is 0.324. The first-order valence-corrected chi connectivity index (χ1v) is 11.2. The summed E-state index contributed by atoms with van der Waals surface area (Å²) in [7, 11) is 3.76. The maximum absolute atomic E-state index is 12.9. The molecule has 1 N–H and O–H groups in total. The van der Waals surface area contributed by atoms with Gasteiger partial charge < -0.3 is 24.3 Å². The quantitative estimate of drug-likeness (QED) is 0.589. The summed E-state index contributed by atoms with van der Waals surface area (Å²) in [4.78, 5) is 12.9. The number of anilines is 1. The molecule has 0 spiro atoms. The van der Waals surface area contributed by atoms with Crippen LogP contribution in [0.5, 0.6) is 23.0 Å². The highest BCUT2D eigenvalue weighted by molar-refractivity contribution is 7.92. The Balaban J connectivity index is 2.25. The lowest BCUT2D eigenvalue weighted by molar-refractivity contribution is 0.0954. The van der Waals surface area contributed by atoms with Crippen molar-refractivity contribution in [2.24, 2.45) is 0 Å². The standard InChI is InChI=1S/C21H28N2O7S/c1-23(31(6,25)26)16-13-20(30-5)19(29-4)12-15(16)21(24)22-10-9-14-7-8-17(27-2)18(11-14)28-3/h7-8,11-13H,9-10H2,1-6H3,(H,22,24). The van der Waals surface area contributed by atoms with Crippen LogP contribution in [0.15, 0.2) is 30.3 Å². The van der Waals surface area contributed by atoms with Crippen molar-refractivity contribution in [1.29, 1.82) is 0 Å². The van der Waals surface area contributed by atoms with E-state index in [4.69, 9.17) is 18.9 Å². The third-order valence-corrected chi connectivity index (χ3v) is 5.92. The van der Waals surface area contributed by atoms with Gasteiger partial charge in [0.05, 0.1) is 45.9 Å². The van der Waals surface area contributed by atoms with E-state index in [2.05, 4.69) is 5.32 Å². The zero-order chi connectivity index (χ0) is 23.2. The normalized spacial score (nSPS) is 10.9. The van der Waals surface area contributed by atoms with Crippen LogP contribution in [0.2, 0.25) is 0 Å². The number of ether oxygens (including phenoxy) is 4. The molecule has 2 aromatic rings. The fraction of sp³-hybridized carbons (Fsp3) is 0.381. The first-order valence-electron chi connectivity index (χ1n) is 9.35. The Hall–Kier alpha value is -3.14. The Labute approximate surface area is 182 Å². The largest absolute Gasteiger partial charge is 0.493 e. The van der Waals surface area contributed by atoms with Crippen molar-refractivity contribution in [3.05, 3.63) is 41.5 Å². The van der Waals surface area contributed by atoms with E-state index >= 15 is 0 Å². The lowest BCUT2D eigenvalue weighted by Gasteiger charge is -2.22. The van der Waals surface area contributed by atoms with Crippen LogP contribution < -0.4 is 28.6 Å². The summed E-state index contributed by atoms with van der Waals surface area (Å²) in [5, 5.41) is 2.82. The van der Waals surface area contributed by atoms with E-state index in [9.17, 15) is 13.2 Å². The van der Waals surface area contributed by atoms with Gasteiger partial charge in [-0.15, -0.1) is 0 Å². The molecular formula is C21H28N2O7S. The molecule has 0 aliphatic carbocycles. The molecule has 2 rings (SSSR count). The minimum Gasteiger partial charge on any atom is -0.493 e. The summed E-state index contributed by atoms with van der Waals surface area (Å²) in [6, 6.07) is 8.44. The van der Waals surface area contributed by atoms with Crippen LogP contribution >= 0.6 is 0 Å². The first kappa shape index (κ1) is 24.1. The summed E-state index contributed by atoms with van der Waals surface area (Å²) in [5.41, 5.74) is 1.28. The Bertz CT molecular complexity index is 1040. The molecule has 10 heteroatoms. The fourth-order valence-corrected chi connectivity index (χ4v) is 3.45. The Morgan fingerprint density at radius 1 is 0.903 bits per heavy atom. The van der Waals surface area contributed by atoms with Gasteiger partial charge in [-0.25, -0.2) is 8.42 Å². The van der Waals surface area contributed by atoms with Crippen LogP contribution in [0.25, 0.3) is 0 Å². The van der Waals surface area contributed by atoms with Crippen molar-refractivity contribution < 1.29 is 32.2 Å². The van der Waals surface area contributed by atoms with Gasteiger partial charge in [-0.05, 0) is 30.2 Å². The van der Waals surface area contributed by atoms with Crippen molar-refractivity contribution in [1.82, 2.24) is 5.32 Å². The fourth-order valence-electron chi connectivity index (χ4n) is 2.94. The number of rotatable bonds is 10. The Kier molecular flexibility index (Phi) is 7.98. The highest BCUT2D eigenvalue weighted by Gasteiger charge is 2.23. The number of methoxy groups -OCH3 is 4. The molecule has 0 aromatic heterocycles. The molecule has 0 saturated heterocycles. The van der Waals surface area contributed by atoms with Gasteiger partial charge >= 0.3 is 0 Å². The molecule has 0 radical (unpaired) electrons. The van der Waals surface area contributed by atoms with E-state index in [1.807, 2.05) is 12.1 Å². The van der Waals surface area contributed by atoms with Gasteiger partial charge in [0.25, 0.3) is 5.91 Å². The van der Waals surface area contributed by atoms with E-state index in [1.165, 1.54) is 33.4 Å². The minimum atomic E-state index is -3.60. The molecular weight excluding hydrogens is 424 g/mol. The third kappa shape index (κ3) is 5.72. The van der Waals surface area contributed by atoms with Gasteiger partial charge in [-0.3, -0.25) is 9.10 Å². The molecule has 0 aliphatic heterocycles. The lowest BCUT2D eigenvalue weighted by atomic mass is 10.1. The van der Waals surface area contributed by atoms with Crippen molar-refractivity contribution in [2.45, 2.75) is 6.42 Å². The second kappa shape index (κ2) is 10.3. The maximum atomic E-state index is 12.9. The highest BCUT2D eigenvalue weighted by atomic mass is 32.2. The highest BCUT2D eigenvalue weighted by Crippen LogP contribution is 2.35. The zero-order valence-corrected chi connectivity index (χ0v) is 19.3. The number of hydrogen-bond donors (Lipinski definition) is 1. The number of hydrogen-bond acceptors (Lipinski definition) is 7. The van der Waals surface area contributed by atoms with Gasteiger partial charge in [-0.2, -0.15) is 0 Å². The van der Waals surface area contributed by atoms with Crippen LogP contribution in [0, 0.1) is 0 Å². The average Bonchev–Trinajstić information content (AvgIpc) is 2.76. The number of amides is 1. The van der Waals surface area contributed by atoms with Crippen molar-refractivity contribution >= 4 is 21.6 Å². The van der Waals surface area contributed by atoms with Gasteiger partial charge in [0.2, 0.25) is 10.0 Å². The van der Waals surface area contributed by atoms with Crippen LogP contribution in [0.4, 0.5) is 5.69 Å². The van der Waals surface area contributed by atoms with Crippen LogP contribution in [0.3, 0.4) is 0 Å². The number of carbonyl (C=O) groups is 1. The van der Waals surface area contributed by atoms with E-state index in [-0.39, 0.29) is 11.3 Å². The van der Waals surface area contributed by atoms with Crippen LogP contribution in [0.1, 0.15) is 15.9 Å². The van der Waals surface area contributed by atoms with Gasteiger partial charge in [0, 0.05) is 19.7 Å². The molecule has 0 fully saturated rings. The molecule has 2 aromatic carbocycles. The van der Waals surface area contributed by atoms with Gasteiger partial charge in [0.1, 0.15) is 0 Å². The molecule has 9 nitrogen and oxygen atoms in total. The van der Waals surface area contributed by atoms with Crippen molar-refractivity contribution in [3.63, 3.8) is 0 Å².